The van der Waals surface area contributed by atoms with Crippen molar-refractivity contribution in [2.45, 2.75) is 58.2 Å². The average molecular weight is 460 g/mol. The van der Waals surface area contributed by atoms with Gasteiger partial charge in [-0.3, -0.25) is 14.7 Å². The number of anilines is 1. The summed E-state index contributed by atoms with van der Waals surface area (Å²) in [5.41, 5.74) is 5.85. The number of hydrogen-bond acceptors (Lipinski definition) is 5. The predicted octanol–water partition coefficient (Wildman–Crippen LogP) is 4.01. The molecule has 2 N–H and O–H groups in total. The van der Waals surface area contributed by atoms with Crippen molar-refractivity contribution in [3.8, 4) is 0 Å². The standard InChI is InChI=1S/C23H29F2N5O.C2H6/c24-19-1-2-20(28-15-19)13-17-4-9-30(10-5-17)22(31)23(25)6-11-29(12-7-23)16-18-3-8-27-21(26)14-18;1-2/h1-3,8,14-15,17H,4-7,9-13,16H2,(H2,26,27);1-2H3. The van der Waals surface area contributed by atoms with Crippen LogP contribution < -0.4 is 5.73 Å². The molecule has 2 aromatic heterocycles. The fourth-order valence-electron chi connectivity index (χ4n) is 4.58. The number of amides is 1. The zero-order chi connectivity index (χ0) is 23.8. The van der Waals surface area contributed by atoms with E-state index in [4.69, 9.17) is 5.73 Å². The van der Waals surface area contributed by atoms with Crippen LogP contribution in [0, 0.1) is 11.7 Å². The summed E-state index contributed by atoms with van der Waals surface area (Å²) in [5, 5.41) is 0. The topological polar surface area (TPSA) is 75.3 Å². The molecule has 0 unspecified atom stereocenters. The molecule has 1 amide bonds. The molecule has 4 rings (SSSR count). The van der Waals surface area contributed by atoms with Gasteiger partial charge in [-0.1, -0.05) is 13.8 Å². The number of carbonyl (C=O) groups excluding carboxylic acids is 1. The number of hydrogen-bond donors (Lipinski definition) is 1. The molecule has 2 aromatic rings. The lowest BCUT2D eigenvalue weighted by Gasteiger charge is -2.40. The number of halogens is 2. The number of alkyl halides is 1. The SMILES string of the molecule is CC.Nc1cc(CN2CCC(F)(C(=O)N3CCC(Cc4ccc(F)cn4)CC3)CC2)ccn1. The van der Waals surface area contributed by atoms with Crippen LogP contribution in [0.4, 0.5) is 14.6 Å². The molecule has 2 aliphatic rings. The van der Waals surface area contributed by atoms with Gasteiger partial charge in [-0.15, -0.1) is 0 Å². The Balaban J connectivity index is 0.00000149. The summed E-state index contributed by atoms with van der Waals surface area (Å²) in [4.78, 5) is 24.9. The van der Waals surface area contributed by atoms with Gasteiger partial charge in [-0.2, -0.15) is 0 Å². The smallest absolute Gasteiger partial charge is 0.260 e. The molecule has 0 radical (unpaired) electrons. The lowest BCUT2D eigenvalue weighted by atomic mass is 9.88. The van der Waals surface area contributed by atoms with Crippen LogP contribution in [0.5, 0.6) is 0 Å². The molecule has 2 saturated heterocycles. The molecule has 0 saturated carbocycles. The van der Waals surface area contributed by atoms with Crippen molar-refractivity contribution in [3.05, 3.63) is 53.7 Å². The summed E-state index contributed by atoms with van der Waals surface area (Å²) >= 11 is 0. The van der Waals surface area contributed by atoms with Gasteiger partial charge in [-0.05, 0) is 55.0 Å². The lowest BCUT2D eigenvalue weighted by Crippen LogP contribution is -2.53. The van der Waals surface area contributed by atoms with Crippen molar-refractivity contribution in [2.75, 3.05) is 31.9 Å². The minimum Gasteiger partial charge on any atom is -0.384 e. The summed E-state index contributed by atoms with van der Waals surface area (Å²) < 4.78 is 28.5. The Kier molecular flexibility index (Phi) is 8.72. The third-order valence-electron chi connectivity index (χ3n) is 6.47. The highest BCUT2D eigenvalue weighted by atomic mass is 19.1. The Morgan fingerprint density at radius 3 is 2.42 bits per heavy atom. The second-order valence-electron chi connectivity index (χ2n) is 8.74. The van der Waals surface area contributed by atoms with Crippen LogP contribution in [0.2, 0.25) is 0 Å². The summed E-state index contributed by atoms with van der Waals surface area (Å²) in [6.07, 6.45) is 5.73. The molecular formula is C25H35F2N5O. The normalized spacial score (nSPS) is 19.0. The molecule has 8 heteroatoms. The maximum atomic E-state index is 15.5. The zero-order valence-electron chi connectivity index (χ0n) is 19.6. The van der Waals surface area contributed by atoms with E-state index in [1.165, 1.54) is 12.3 Å². The van der Waals surface area contributed by atoms with Gasteiger partial charge in [-0.25, -0.2) is 13.8 Å². The van der Waals surface area contributed by atoms with E-state index < -0.39 is 5.67 Å². The summed E-state index contributed by atoms with van der Waals surface area (Å²) in [7, 11) is 0. The van der Waals surface area contributed by atoms with E-state index in [0.29, 0.717) is 44.5 Å². The molecule has 4 heterocycles. The number of rotatable bonds is 5. The van der Waals surface area contributed by atoms with E-state index in [1.54, 1.807) is 17.2 Å². The fourth-order valence-corrected chi connectivity index (χ4v) is 4.58. The Morgan fingerprint density at radius 2 is 1.82 bits per heavy atom. The third kappa shape index (κ3) is 6.69. The first-order chi connectivity index (χ1) is 15.9. The zero-order valence-corrected chi connectivity index (χ0v) is 19.6. The van der Waals surface area contributed by atoms with E-state index in [-0.39, 0.29) is 24.6 Å². The van der Waals surface area contributed by atoms with Crippen LogP contribution in [-0.4, -0.2) is 57.5 Å². The van der Waals surface area contributed by atoms with E-state index in [0.717, 1.165) is 30.5 Å². The van der Waals surface area contributed by atoms with Crippen molar-refractivity contribution in [1.29, 1.82) is 0 Å². The van der Waals surface area contributed by atoms with Gasteiger partial charge in [0.05, 0.1) is 6.20 Å². The maximum absolute atomic E-state index is 15.5. The van der Waals surface area contributed by atoms with Crippen molar-refractivity contribution in [1.82, 2.24) is 19.8 Å². The molecule has 0 spiro atoms. The molecule has 0 aliphatic carbocycles. The first kappa shape index (κ1) is 25.0. The Morgan fingerprint density at radius 1 is 1.12 bits per heavy atom. The highest BCUT2D eigenvalue weighted by Gasteiger charge is 2.44. The summed E-state index contributed by atoms with van der Waals surface area (Å²) in [6, 6.07) is 6.86. The summed E-state index contributed by atoms with van der Waals surface area (Å²) in [6.45, 7) is 6.89. The van der Waals surface area contributed by atoms with Crippen LogP contribution in [0.25, 0.3) is 0 Å². The van der Waals surface area contributed by atoms with Crippen LogP contribution in [0.1, 0.15) is 50.8 Å². The molecule has 0 bridgehead atoms. The van der Waals surface area contributed by atoms with Gasteiger partial charge in [0.25, 0.3) is 5.91 Å². The van der Waals surface area contributed by atoms with Gasteiger partial charge >= 0.3 is 0 Å². The predicted molar refractivity (Wildman–Crippen MR) is 126 cm³/mol. The van der Waals surface area contributed by atoms with Crippen LogP contribution >= 0.6 is 0 Å². The number of piperidine rings is 2. The molecule has 6 nitrogen and oxygen atoms in total. The lowest BCUT2D eigenvalue weighted by molar-refractivity contribution is -0.149. The fraction of sp³-hybridized carbons (Fsp3) is 0.560. The maximum Gasteiger partial charge on any atom is 0.260 e. The van der Waals surface area contributed by atoms with Crippen molar-refractivity contribution < 1.29 is 13.6 Å². The molecule has 33 heavy (non-hydrogen) atoms. The van der Waals surface area contributed by atoms with Gasteiger partial charge in [0.2, 0.25) is 0 Å². The quantitative estimate of drug-likeness (QED) is 0.731. The monoisotopic (exact) mass is 459 g/mol. The largest absolute Gasteiger partial charge is 0.384 e. The van der Waals surface area contributed by atoms with Crippen LogP contribution in [0.15, 0.2) is 36.7 Å². The van der Waals surface area contributed by atoms with Gasteiger partial charge in [0.15, 0.2) is 5.67 Å². The molecule has 2 fully saturated rings. The minimum absolute atomic E-state index is 0.214. The highest BCUT2D eigenvalue weighted by molar-refractivity contribution is 5.85. The number of carbonyl (C=O) groups is 1. The first-order valence-corrected chi connectivity index (χ1v) is 11.9. The Hall–Kier alpha value is -2.61. The number of nitrogens with two attached hydrogens (primary N) is 1. The minimum atomic E-state index is -1.78. The van der Waals surface area contributed by atoms with Gasteiger partial charge in [0.1, 0.15) is 11.6 Å². The van der Waals surface area contributed by atoms with Gasteiger partial charge < -0.3 is 10.6 Å². The molecule has 180 valence electrons. The van der Waals surface area contributed by atoms with E-state index in [1.807, 2.05) is 26.0 Å². The molecule has 0 aromatic carbocycles. The van der Waals surface area contributed by atoms with Crippen molar-refractivity contribution >= 4 is 11.7 Å². The average Bonchev–Trinajstić information content (AvgIpc) is 2.83. The van der Waals surface area contributed by atoms with Crippen molar-refractivity contribution in [3.63, 3.8) is 0 Å². The van der Waals surface area contributed by atoms with E-state index in [9.17, 15) is 9.18 Å². The number of pyridine rings is 2. The number of nitrogen functional groups attached to an aromatic ring is 1. The molecule has 0 atom stereocenters. The van der Waals surface area contributed by atoms with Crippen LogP contribution in [-0.2, 0) is 17.8 Å². The van der Waals surface area contributed by atoms with Gasteiger partial charge in [0, 0.05) is 57.5 Å². The number of aromatic nitrogens is 2. The second kappa shape index (κ2) is 11.5. The van der Waals surface area contributed by atoms with E-state index in [2.05, 4.69) is 14.9 Å². The molecule has 2 aliphatic heterocycles. The first-order valence-electron chi connectivity index (χ1n) is 11.9. The Bertz CT molecular complexity index is 892. The summed E-state index contributed by atoms with van der Waals surface area (Å²) in [5.74, 6) is 0.155. The molecular weight excluding hydrogens is 424 g/mol. The number of likely N-dealkylation sites (tertiary alicyclic amines) is 2. The van der Waals surface area contributed by atoms with Crippen molar-refractivity contribution in [2.24, 2.45) is 5.92 Å². The third-order valence-corrected chi connectivity index (χ3v) is 6.47. The van der Waals surface area contributed by atoms with E-state index >= 15 is 4.39 Å². The van der Waals surface area contributed by atoms with Crippen LogP contribution in [0.3, 0.4) is 0 Å². The highest BCUT2D eigenvalue weighted by Crippen LogP contribution is 2.32. The Labute approximate surface area is 195 Å². The number of nitrogens with zero attached hydrogens (tertiary/aromatic N) is 4. The second-order valence-corrected chi connectivity index (χ2v) is 8.74.